The lowest BCUT2D eigenvalue weighted by Gasteiger charge is -2.34. The van der Waals surface area contributed by atoms with Crippen molar-refractivity contribution in [1.82, 2.24) is 0 Å². The highest BCUT2D eigenvalue weighted by molar-refractivity contribution is 8.15. The average Bonchev–Trinajstić information content (AvgIpc) is 3.23. The first-order chi connectivity index (χ1) is 16.6. The normalized spacial score (nSPS) is 15.7. The van der Waals surface area contributed by atoms with E-state index in [-0.39, 0.29) is 16.2 Å². The Balaban J connectivity index is 1.62. The number of hydrogen-bond donors (Lipinski definition) is 1. The average molecular weight is 482 g/mol. The molecule has 4 nitrogen and oxygen atoms in total. The van der Waals surface area contributed by atoms with Gasteiger partial charge in [0.15, 0.2) is 5.90 Å². The molecule has 6 heteroatoms. The first-order valence-electron chi connectivity index (χ1n) is 11.1. The van der Waals surface area contributed by atoms with Gasteiger partial charge in [-0.25, -0.2) is 0 Å². The molecule has 1 aliphatic heterocycles. The number of benzene rings is 4. The minimum atomic E-state index is -3.02. The second-order valence-electron chi connectivity index (χ2n) is 8.07. The van der Waals surface area contributed by atoms with Crippen LogP contribution in [0.3, 0.4) is 0 Å². The Morgan fingerprint density at radius 3 is 1.68 bits per heavy atom. The number of phenolic OH excluding ortho intramolecular Hbond substituents is 1. The number of aromatic hydroxyl groups is 1. The van der Waals surface area contributed by atoms with Crippen molar-refractivity contribution in [2.75, 3.05) is 0 Å². The molecule has 4 aromatic rings. The van der Waals surface area contributed by atoms with Crippen LogP contribution in [0.15, 0.2) is 120 Å². The summed E-state index contributed by atoms with van der Waals surface area (Å²) >= 11 is 1.19. The Bertz CT molecular complexity index is 1200. The van der Waals surface area contributed by atoms with E-state index in [1.165, 1.54) is 11.8 Å². The highest BCUT2D eigenvalue weighted by atomic mass is 32.2. The quantitative estimate of drug-likeness (QED) is 0.330. The number of thioether (sulfide) groups is 1. The van der Waals surface area contributed by atoms with Crippen molar-refractivity contribution >= 4 is 46.8 Å². The molecule has 4 aromatic carbocycles. The van der Waals surface area contributed by atoms with E-state index in [1.807, 2.05) is 66.7 Å². The van der Waals surface area contributed by atoms with E-state index in [0.717, 1.165) is 21.1 Å². The summed E-state index contributed by atoms with van der Waals surface area (Å²) < 4.78 is 7.03. The Morgan fingerprint density at radius 2 is 1.21 bits per heavy atom. The standard InChI is InChI=1S/C28H23NO3SSi/c30-22-18-16-21(17-19-22)20-26-27(29-28(31)33-26)32-34(23-10-4-1-5-11-23,24-12-6-2-7-13-24)25-14-8-3-9-15-25/h1-19,26,30H,20H2. The van der Waals surface area contributed by atoms with Gasteiger partial charge >= 0.3 is 13.6 Å². The van der Waals surface area contributed by atoms with Gasteiger partial charge in [-0.1, -0.05) is 103 Å². The fraction of sp³-hybridized carbons (Fsp3) is 0.0714. The van der Waals surface area contributed by atoms with E-state index in [4.69, 9.17) is 4.43 Å². The van der Waals surface area contributed by atoms with Crippen molar-refractivity contribution in [3.8, 4) is 5.75 Å². The van der Waals surface area contributed by atoms with Crippen LogP contribution in [0.2, 0.25) is 0 Å². The summed E-state index contributed by atoms with van der Waals surface area (Å²) in [4.78, 5) is 16.8. The summed E-state index contributed by atoms with van der Waals surface area (Å²) in [6.45, 7) is 0. The van der Waals surface area contributed by atoms with Crippen molar-refractivity contribution in [3.05, 3.63) is 121 Å². The van der Waals surface area contributed by atoms with Gasteiger partial charge in [0.25, 0.3) is 0 Å². The van der Waals surface area contributed by atoms with Crippen LogP contribution in [0, 0.1) is 0 Å². The maximum Gasteiger partial charge on any atom is 0.348 e. The van der Waals surface area contributed by atoms with Crippen LogP contribution >= 0.6 is 11.8 Å². The van der Waals surface area contributed by atoms with E-state index in [9.17, 15) is 9.90 Å². The molecule has 0 spiro atoms. The SMILES string of the molecule is O=C1N=C(O[Si](c2ccccc2)(c2ccccc2)c2ccccc2)C(Cc2ccc(O)cc2)S1. The monoisotopic (exact) mass is 481 g/mol. The van der Waals surface area contributed by atoms with Crippen molar-refractivity contribution in [1.29, 1.82) is 0 Å². The van der Waals surface area contributed by atoms with E-state index in [2.05, 4.69) is 41.4 Å². The predicted octanol–water partition coefficient (Wildman–Crippen LogP) is 4.25. The Kier molecular flexibility index (Phi) is 6.34. The molecule has 1 unspecified atom stereocenters. The van der Waals surface area contributed by atoms with Crippen LogP contribution < -0.4 is 15.6 Å². The maximum atomic E-state index is 12.5. The lowest BCUT2D eigenvalue weighted by molar-refractivity contribution is 0.267. The van der Waals surface area contributed by atoms with Gasteiger partial charge in [0, 0.05) is 0 Å². The molecule has 168 valence electrons. The number of amides is 1. The lowest BCUT2D eigenvalue weighted by Crippen LogP contribution is -2.70. The summed E-state index contributed by atoms with van der Waals surface area (Å²) in [5.74, 6) is 0.680. The lowest BCUT2D eigenvalue weighted by atomic mass is 10.1. The van der Waals surface area contributed by atoms with Crippen LogP contribution in [0.5, 0.6) is 5.75 Å². The van der Waals surface area contributed by atoms with Crippen LogP contribution in [-0.4, -0.2) is 29.8 Å². The third-order valence-electron chi connectivity index (χ3n) is 5.88. The van der Waals surface area contributed by atoms with Gasteiger partial charge in [-0.3, -0.25) is 4.79 Å². The van der Waals surface area contributed by atoms with Gasteiger partial charge in [0.1, 0.15) is 5.75 Å². The molecule has 0 aromatic heterocycles. The molecule has 1 amide bonds. The van der Waals surface area contributed by atoms with Gasteiger partial charge in [-0.2, -0.15) is 4.99 Å². The predicted molar refractivity (Wildman–Crippen MR) is 141 cm³/mol. The summed E-state index contributed by atoms with van der Waals surface area (Å²) in [5, 5.41) is 12.4. The Hall–Kier alpha value is -3.61. The zero-order valence-corrected chi connectivity index (χ0v) is 20.2. The molecule has 1 heterocycles. The molecule has 1 N–H and O–H groups in total. The van der Waals surface area contributed by atoms with E-state index in [0.29, 0.717) is 12.3 Å². The summed E-state index contributed by atoms with van der Waals surface area (Å²) in [6, 6.07) is 37.8. The molecule has 0 aliphatic carbocycles. The molecule has 34 heavy (non-hydrogen) atoms. The van der Waals surface area contributed by atoms with Gasteiger partial charge in [-0.15, -0.1) is 0 Å². The molecule has 0 bridgehead atoms. The van der Waals surface area contributed by atoms with E-state index in [1.54, 1.807) is 12.1 Å². The molecule has 1 atom stereocenters. The molecule has 0 saturated carbocycles. The first-order valence-corrected chi connectivity index (χ1v) is 13.9. The maximum absolute atomic E-state index is 12.5. The third-order valence-corrected chi connectivity index (χ3v) is 10.8. The van der Waals surface area contributed by atoms with Crippen LogP contribution in [0.25, 0.3) is 0 Å². The van der Waals surface area contributed by atoms with Crippen LogP contribution in [-0.2, 0) is 10.8 Å². The summed E-state index contributed by atoms with van der Waals surface area (Å²) in [7, 11) is -3.02. The second kappa shape index (κ2) is 9.71. The van der Waals surface area contributed by atoms with Crippen molar-refractivity contribution in [2.24, 2.45) is 4.99 Å². The van der Waals surface area contributed by atoms with Crippen molar-refractivity contribution in [2.45, 2.75) is 11.7 Å². The molecule has 1 aliphatic rings. The molecule has 0 fully saturated rings. The first kappa shape index (κ1) is 22.2. The number of carbonyl (C=O) groups excluding carboxylic acids is 1. The van der Waals surface area contributed by atoms with E-state index >= 15 is 0 Å². The minimum Gasteiger partial charge on any atom is -0.519 e. The summed E-state index contributed by atoms with van der Waals surface area (Å²) in [5.41, 5.74) is 1.01. The summed E-state index contributed by atoms with van der Waals surface area (Å²) in [6.07, 6.45) is 0.582. The van der Waals surface area contributed by atoms with Gasteiger partial charge in [0.2, 0.25) is 0 Å². The number of hydrogen-bond acceptors (Lipinski definition) is 4. The van der Waals surface area contributed by atoms with Crippen LogP contribution in [0.4, 0.5) is 4.79 Å². The van der Waals surface area contributed by atoms with Crippen molar-refractivity contribution in [3.63, 3.8) is 0 Å². The van der Waals surface area contributed by atoms with Crippen LogP contribution in [0.1, 0.15) is 5.56 Å². The minimum absolute atomic E-state index is 0.215. The van der Waals surface area contributed by atoms with E-state index < -0.39 is 8.32 Å². The Morgan fingerprint density at radius 1 is 0.735 bits per heavy atom. The highest BCUT2D eigenvalue weighted by Crippen LogP contribution is 2.29. The Labute approximate surface area is 204 Å². The molecule has 0 saturated heterocycles. The second-order valence-corrected chi connectivity index (χ2v) is 12.5. The zero-order valence-electron chi connectivity index (χ0n) is 18.4. The molecule has 0 radical (unpaired) electrons. The number of phenols is 1. The third kappa shape index (κ3) is 4.42. The number of rotatable bonds is 6. The largest absolute Gasteiger partial charge is 0.519 e. The van der Waals surface area contributed by atoms with Gasteiger partial charge < -0.3 is 9.53 Å². The molecular weight excluding hydrogens is 458 g/mol. The smallest absolute Gasteiger partial charge is 0.348 e. The number of nitrogens with zero attached hydrogens (tertiary/aromatic N) is 1. The van der Waals surface area contributed by atoms with Crippen molar-refractivity contribution < 1.29 is 14.3 Å². The number of aliphatic imine (C=N–C) groups is 1. The zero-order chi connectivity index (χ0) is 23.4. The van der Waals surface area contributed by atoms with Gasteiger partial charge in [-0.05, 0) is 51.4 Å². The van der Waals surface area contributed by atoms with Gasteiger partial charge in [0.05, 0.1) is 5.25 Å². The fourth-order valence-electron chi connectivity index (χ4n) is 4.28. The number of carbonyl (C=O) groups is 1. The topological polar surface area (TPSA) is 58.9 Å². The molecule has 5 rings (SSSR count). The highest BCUT2D eigenvalue weighted by Gasteiger charge is 2.47. The fourth-order valence-corrected chi connectivity index (χ4v) is 9.07. The molecular formula is C28H23NO3SSi.